The van der Waals surface area contributed by atoms with E-state index in [-0.39, 0.29) is 0 Å². The Hall–Kier alpha value is -1.70. The first-order valence-electron chi connectivity index (χ1n) is 7.01. The number of nitrogens with zero attached hydrogens (tertiary/aromatic N) is 2. The first-order chi connectivity index (χ1) is 9.02. The maximum absolute atomic E-state index is 4.06. The van der Waals surface area contributed by atoms with Crippen molar-refractivity contribution in [1.29, 1.82) is 0 Å². The average molecular weight is 256 g/mol. The number of allylic oxidation sites excluding steroid dienone is 4. The Morgan fingerprint density at radius 1 is 1.21 bits per heavy atom. The van der Waals surface area contributed by atoms with Crippen molar-refractivity contribution in [3.8, 4) is 0 Å². The van der Waals surface area contributed by atoms with Crippen LogP contribution < -0.4 is 0 Å². The second-order valence-electron chi connectivity index (χ2n) is 5.34. The lowest BCUT2D eigenvalue weighted by molar-refractivity contribution is 0.379. The molecule has 2 aliphatic rings. The maximum atomic E-state index is 4.06. The van der Waals surface area contributed by atoms with E-state index >= 15 is 0 Å². The van der Waals surface area contributed by atoms with Gasteiger partial charge in [0, 0.05) is 42.8 Å². The first-order valence-corrected chi connectivity index (χ1v) is 7.01. The lowest BCUT2D eigenvalue weighted by atomic mass is 10.0. The molecule has 2 heterocycles. The van der Waals surface area contributed by atoms with Gasteiger partial charge >= 0.3 is 0 Å². The molecule has 0 amide bonds. The van der Waals surface area contributed by atoms with E-state index in [1.54, 1.807) is 0 Å². The van der Waals surface area contributed by atoms with Crippen LogP contribution in [0.2, 0.25) is 0 Å². The van der Waals surface area contributed by atoms with Crippen molar-refractivity contribution in [1.82, 2.24) is 9.80 Å². The Balaban J connectivity index is 2.35. The standard InChI is InChI=1S/C17H24N2/c1-6-19-12-16(10-9-15(19)4)17-11-13(2)7-8-14(3)18(17)5/h7-14H,4,6H2,1-3,5H3. The van der Waals surface area contributed by atoms with E-state index in [1.165, 1.54) is 11.3 Å². The van der Waals surface area contributed by atoms with Gasteiger partial charge in [0.1, 0.15) is 0 Å². The van der Waals surface area contributed by atoms with Crippen molar-refractivity contribution >= 4 is 0 Å². The lowest BCUT2D eigenvalue weighted by Gasteiger charge is -2.31. The molecule has 0 spiro atoms. The summed E-state index contributed by atoms with van der Waals surface area (Å²) in [5, 5.41) is 0. The van der Waals surface area contributed by atoms with Gasteiger partial charge in [0.2, 0.25) is 0 Å². The van der Waals surface area contributed by atoms with Gasteiger partial charge in [-0.1, -0.05) is 31.7 Å². The van der Waals surface area contributed by atoms with Gasteiger partial charge < -0.3 is 9.80 Å². The minimum absolute atomic E-state index is 0.422. The van der Waals surface area contributed by atoms with Crippen molar-refractivity contribution in [2.45, 2.75) is 26.8 Å². The van der Waals surface area contributed by atoms with Crippen LogP contribution in [-0.2, 0) is 0 Å². The van der Waals surface area contributed by atoms with Crippen molar-refractivity contribution in [3.05, 3.63) is 60.1 Å². The second-order valence-corrected chi connectivity index (χ2v) is 5.34. The second kappa shape index (κ2) is 5.52. The van der Waals surface area contributed by atoms with Gasteiger partial charge in [-0.25, -0.2) is 0 Å². The minimum Gasteiger partial charge on any atom is -0.368 e. The van der Waals surface area contributed by atoms with E-state index in [9.17, 15) is 0 Å². The molecular weight excluding hydrogens is 232 g/mol. The van der Waals surface area contributed by atoms with Crippen LogP contribution in [-0.4, -0.2) is 29.4 Å². The monoisotopic (exact) mass is 256 g/mol. The zero-order chi connectivity index (χ0) is 14.0. The van der Waals surface area contributed by atoms with Gasteiger partial charge in [-0.05, 0) is 31.9 Å². The topological polar surface area (TPSA) is 6.48 Å². The summed E-state index contributed by atoms with van der Waals surface area (Å²) in [5.41, 5.74) is 3.62. The van der Waals surface area contributed by atoms with E-state index in [1.807, 2.05) is 0 Å². The van der Waals surface area contributed by atoms with Crippen LogP contribution in [0, 0.1) is 5.92 Å². The van der Waals surface area contributed by atoms with Crippen LogP contribution in [0.25, 0.3) is 0 Å². The molecule has 2 unspecified atom stereocenters. The van der Waals surface area contributed by atoms with Crippen LogP contribution in [0.3, 0.4) is 0 Å². The van der Waals surface area contributed by atoms with Crippen LogP contribution in [0.1, 0.15) is 20.8 Å². The molecule has 2 atom stereocenters. The summed E-state index contributed by atoms with van der Waals surface area (Å²) < 4.78 is 0. The van der Waals surface area contributed by atoms with Gasteiger partial charge in [-0.2, -0.15) is 0 Å². The number of hydrogen-bond donors (Lipinski definition) is 0. The Morgan fingerprint density at radius 3 is 2.63 bits per heavy atom. The van der Waals surface area contributed by atoms with Crippen LogP contribution >= 0.6 is 0 Å². The third-order valence-corrected chi connectivity index (χ3v) is 3.86. The summed E-state index contributed by atoms with van der Waals surface area (Å²) in [6.07, 6.45) is 13.4. The van der Waals surface area contributed by atoms with E-state index in [2.05, 4.69) is 80.8 Å². The summed E-state index contributed by atoms with van der Waals surface area (Å²) in [6.45, 7) is 11.6. The molecule has 2 heteroatoms. The SMILES string of the molecule is C=C1C=CC(C2=CC(C)C=CC(C)N2C)=CN1CC. The summed E-state index contributed by atoms with van der Waals surface area (Å²) >= 11 is 0. The normalized spacial score (nSPS) is 27.3. The molecular formula is C17H24N2. The van der Waals surface area contributed by atoms with Crippen molar-refractivity contribution < 1.29 is 0 Å². The molecule has 0 aromatic carbocycles. The molecule has 0 aromatic heterocycles. The van der Waals surface area contributed by atoms with Crippen LogP contribution in [0.5, 0.6) is 0 Å². The van der Waals surface area contributed by atoms with Crippen molar-refractivity contribution in [2.75, 3.05) is 13.6 Å². The largest absolute Gasteiger partial charge is 0.368 e. The van der Waals surface area contributed by atoms with E-state index in [0.717, 1.165) is 12.2 Å². The quantitative estimate of drug-likeness (QED) is 0.695. The summed E-state index contributed by atoms with van der Waals surface area (Å²) in [5.74, 6) is 0.469. The highest BCUT2D eigenvalue weighted by Gasteiger charge is 2.19. The van der Waals surface area contributed by atoms with Crippen molar-refractivity contribution in [2.24, 2.45) is 5.92 Å². The smallest absolute Gasteiger partial charge is 0.0441 e. The number of likely N-dealkylation sites (N-methyl/N-ethyl adjacent to an activating group) is 2. The Labute approximate surface area is 117 Å². The minimum atomic E-state index is 0.422. The third-order valence-electron chi connectivity index (χ3n) is 3.86. The van der Waals surface area contributed by atoms with Gasteiger partial charge in [0.25, 0.3) is 0 Å². The molecule has 0 radical (unpaired) electrons. The molecule has 0 aliphatic carbocycles. The molecule has 0 N–H and O–H groups in total. The summed E-state index contributed by atoms with van der Waals surface area (Å²) in [6, 6.07) is 0.422. The Bertz CT molecular complexity index is 479. The zero-order valence-corrected chi connectivity index (χ0v) is 12.4. The molecule has 0 saturated carbocycles. The lowest BCUT2D eigenvalue weighted by Crippen LogP contribution is -2.28. The molecule has 2 nitrogen and oxygen atoms in total. The van der Waals surface area contributed by atoms with Gasteiger partial charge in [-0.3, -0.25) is 0 Å². The molecule has 102 valence electrons. The van der Waals surface area contributed by atoms with Crippen LogP contribution in [0.15, 0.2) is 60.1 Å². The van der Waals surface area contributed by atoms with E-state index < -0.39 is 0 Å². The van der Waals surface area contributed by atoms with Gasteiger partial charge in [-0.15, -0.1) is 0 Å². The highest BCUT2D eigenvalue weighted by molar-refractivity contribution is 5.45. The molecule has 0 fully saturated rings. The van der Waals surface area contributed by atoms with Gasteiger partial charge in [0.05, 0.1) is 0 Å². The fraction of sp³-hybridized carbons (Fsp3) is 0.412. The van der Waals surface area contributed by atoms with Crippen molar-refractivity contribution in [3.63, 3.8) is 0 Å². The molecule has 19 heavy (non-hydrogen) atoms. The van der Waals surface area contributed by atoms with E-state index in [4.69, 9.17) is 0 Å². The predicted octanol–water partition coefficient (Wildman–Crippen LogP) is 3.69. The number of hydrogen-bond acceptors (Lipinski definition) is 2. The average Bonchev–Trinajstić information content (AvgIpc) is 2.53. The Morgan fingerprint density at radius 2 is 1.95 bits per heavy atom. The fourth-order valence-corrected chi connectivity index (χ4v) is 2.43. The van der Waals surface area contributed by atoms with Gasteiger partial charge in [0.15, 0.2) is 0 Å². The van der Waals surface area contributed by atoms with Crippen LogP contribution in [0.4, 0.5) is 0 Å². The summed E-state index contributed by atoms with van der Waals surface area (Å²) in [4.78, 5) is 4.52. The van der Waals surface area contributed by atoms with E-state index in [0.29, 0.717) is 12.0 Å². The predicted molar refractivity (Wildman–Crippen MR) is 82.4 cm³/mol. The zero-order valence-electron chi connectivity index (χ0n) is 12.4. The maximum Gasteiger partial charge on any atom is 0.0441 e. The number of rotatable bonds is 2. The molecule has 2 aliphatic heterocycles. The fourth-order valence-electron chi connectivity index (χ4n) is 2.43. The highest BCUT2D eigenvalue weighted by atomic mass is 15.2. The molecule has 0 bridgehead atoms. The third kappa shape index (κ3) is 2.83. The highest BCUT2D eigenvalue weighted by Crippen LogP contribution is 2.27. The Kier molecular flexibility index (Phi) is 3.98. The molecule has 0 aromatic rings. The first kappa shape index (κ1) is 13.7. The summed E-state index contributed by atoms with van der Waals surface area (Å²) in [7, 11) is 2.16. The molecule has 0 saturated heterocycles. The molecule has 2 rings (SSSR count).